The molecule has 0 spiro atoms. The number of amides is 3. The lowest BCUT2D eigenvalue weighted by Crippen LogP contribution is -2.33. The lowest BCUT2D eigenvalue weighted by atomic mass is 10.2. The van der Waals surface area contributed by atoms with Crippen LogP contribution in [0.3, 0.4) is 0 Å². The van der Waals surface area contributed by atoms with Gasteiger partial charge in [0.25, 0.3) is 5.91 Å². The third kappa shape index (κ3) is 5.32. The molecule has 2 rings (SSSR count). The molecule has 0 heterocycles. The summed E-state index contributed by atoms with van der Waals surface area (Å²) in [6.07, 6.45) is 0. The molecule has 7 heteroatoms. The Hall–Kier alpha value is -2.86. The molecule has 25 heavy (non-hydrogen) atoms. The summed E-state index contributed by atoms with van der Waals surface area (Å²) < 4.78 is 0. The Morgan fingerprint density at radius 1 is 0.960 bits per heavy atom. The predicted octanol–water partition coefficient (Wildman–Crippen LogP) is 3.01. The molecule has 3 amide bonds. The Labute approximate surface area is 150 Å². The number of carbonyl (C=O) groups is 3. The minimum atomic E-state index is -0.356. The summed E-state index contributed by atoms with van der Waals surface area (Å²) in [6.45, 7) is 1.31. The van der Waals surface area contributed by atoms with Gasteiger partial charge in [-0.15, -0.1) is 0 Å². The fraction of sp³-hybridized carbons (Fsp3) is 0.167. The number of benzene rings is 2. The van der Waals surface area contributed by atoms with E-state index in [0.29, 0.717) is 22.0 Å². The Morgan fingerprint density at radius 2 is 1.52 bits per heavy atom. The third-order valence-corrected chi connectivity index (χ3v) is 3.73. The number of likely N-dealkylation sites (N-methyl/N-ethyl adjacent to an activating group) is 1. The average Bonchev–Trinajstić information content (AvgIpc) is 2.57. The van der Waals surface area contributed by atoms with Gasteiger partial charge >= 0.3 is 0 Å². The average molecular weight is 360 g/mol. The lowest BCUT2D eigenvalue weighted by molar-refractivity contribution is -0.131. The summed E-state index contributed by atoms with van der Waals surface area (Å²) in [4.78, 5) is 36.9. The molecule has 2 N–H and O–H groups in total. The molecule has 2 aromatic rings. The zero-order valence-electron chi connectivity index (χ0n) is 13.9. The molecule has 0 bridgehead atoms. The van der Waals surface area contributed by atoms with Crippen LogP contribution in [0.2, 0.25) is 5.02 Å². The van der Waals surface area contributed by atoms with E-state index < -0.39 is 0 Å². The Kier molecular flexibility index (Phi) is 6.14. The molecule has 0 saturated carbocycles. The van der Waals surface area contributed by atoms with Gasteiger partial charge in [-0.3, -0.25) is 14.4 Å². The number of hydrogen-bond donors (Lipinski definition) is 2. The van der Waals surface area contributed by atoms with E-state index in [1.807, 2.05) is 0 Å². The van der Waals surface area contributed by atoms with Gasteiger partial charge in [-0.25, -0.2) is 0 Å². The molecular weight excluding hydrogens is 342 g/mol. The van der Waals surface area contributed by atoms with E-state index in [-0.39, 0.29) is 24.3 Å². The van der Waals surface area contributed by atoms with Gasteiger partial charge in [-0.05, 0) is 36.4 Å². The summed E-state index contributed by atoms with van der Waals surface area (Å²) >= 11 is 5.82. The number of hydrogen-bond acceptors (Lipinski definition) is 3. The van der Waals surface area contributed by atoms with Gasteiger partial charge in [0.2, 0.25) is 11.8 Å². The van der Waals surface area contributed by atoms with Crippen LogP contribution in [0.1, 0.15) is 17.3 Å². The first-order valence-electron chi connectivity index (χ1n) is 7.54. The number of halogens is 1. The smallest absolute Gasteiger partial charge is 0.255 e. The molecule has 0 atom stereocenters. The van der Waals surface area contributed by atoms with Gasteiger partial charge in [-0.1, -0.05) is 23.7 Å². The van der Waals surface area contributed by atoms with Gasteiger partial charge in [-0.2, -0.15) is 0 Å². The van der Waals surface area contributed by atoms with E-state index in [0.717, 1.165) is 0 Å². The SMILES string of the molecule is CC(=O)N(C)CC(=O)Nc1ccccc1NC(=O)c1ccc(Cl)cc1. The maximum atomic E-state index is 12.3. The molecule has 130 valence electrons. The van der Waals surface area contributed by atoms with E-state index in [4.69, 9.17) is 11.6 Å². The van der Waals surface area contributed by atoms with Crippen molar-refractivity contribution in [2.24, 2.45) is 0 Å². The van der Waals surface area contributed by atoms with Crippen molar-refractivity contribution in [3.8, 4) is 0 Å². The van der Waals surface area contributed by atoms with Crippen LogP contribution in [0.25, 0.3) is 0 Å². The number of anilines is 2. The number of para-hydroxylation sites is 2. The second kappa shape index (κ2) is 8.30. The summed E-state index contributed by atoms with van der Waals surface area (Å²) in [6, 6.07) is 13.3. The molecule has 0 aromatic heterocycles. The number of nitrogens with one attached hydrogen (secondary N) is 2. The van der Waals surface area contributed by atoms with Gasteiger partial charge in [0.15, 0.2) is 0 Å². The van der Waals surface area contributed by atoms with Crippen molar-refractivity contribution in [2.75, 3.05) is 24.2 Å². The van der Waals surface area contributed by atoms with Crippen LogP contribution in [0, 0.1) is 0 Å². The largest absolute Gasteiger partial charge is 0.337 e. The zero-order valence-corrected chi connectivity index (χ0v) is 14.6. The summed E-state index contributed by atoms with van der Waals surface area (Å²) in [5, 5.41) is 5.98. The van der Waals surface area contributed by atoms with Gasteiger partial charge < -0.3 is 15.5 Å². The summed E-state index contributed by atoms with van der Waals surface area (Å²) in [5.41, 5.74) is 1.36. The zero-order chi connectivity index (χ0) is 18.4. The lowest BCUT2D eigenvalue weighted by Gasteiger charge is -2.16. The monoisotopic (exact) mass is 359 g/mol. The minimum absolute atomic E-state index is 0.0746. The minimum Gasteiger partial charge on any atom is -0.337 e. The van der Waals surface area contributed by atoms with Gasteiger partial charge in [0.05, 0.1) is 17.9 Å². The van der Waals surface area contributed by atoms with Crippen molar-refractivity contribution in [3.63, 3.8) is 0 Å². The van der Waals surface area contributed by atoms with Crippen LogP contribution >= 0.6 is 11.6 Å². The molecule has 0 unspecified atom stereocenters. The molecule has 0 saturated heterocycles. The van der Waals surface area contributed by atoms with E-state index in [1.165, 1.54) is 18.9 Å². The van der Waals surface area contributed by atoms with Crippen LogP contribution in [0.4, 0.5) is 11.4 Å². The van der Waals surface area contributed by atoms with Crippen molar-refractivity contribution < 1.29 is 14.4 Å². The second-order valence-corrected chi connectivity index (χ2v) is 5.87. The van der Waals surface area contributed by atoms with Crippen molar-refractivity contribution >= 4 is 40.7 Å². The highest BCUT2D eigenvalue weighted by Crippen LogP contribution is 2.22. The van der Waals surface area contributed by atoms with E-state index in [1.54, 1.807) is 48.5 Å². The molecule has 0 aliphatic heterocycles. The first-order chi connectivity index (χ1) is 11.9. The first kappa shape index (κ1) is 18.5. The van der Waals surface area contributed by atoms with Gasteiger partial charge in [0, 0.05) is 24.6 Å². The van der Waals surface area contributed by atoms with E-state index >= 15 is 0 Å². The maximum Gasteiger partial charge on any atom is 0.255 e. The maximum absolute atomic E-state index is 12.3. The van der Waals surface area contributed by atoms with Crippen molar-refractivity contribution in [1.82, 2.24) is 4.90 Å². The number of nitrogens with zero attached hydrogens (tertiary/aromatic N) is 1. The molecular formula is C18H18ClN3O3. The summed E-state index contributed by atoms with van der Waals surface area (Å²) in [5.74, 6) is -0.885. The molecule has 0 radical (unpaired) electrons. The second-order valence-electron chi connectivity index (χ2n) is 5.43. The number of rotatable bonds is 5. The Bertz CT molecular complexity index is 790. The molecule has 0 fully saturated rings. The van der Waals surface area contributed by atoms with Crippen molar-refractivity contribution in [1.29, 1.82) is 0 Å². The van der Waals surface area contributed by atoms with Crippen LogP contribution in [-0.4, -0.2) is 36.2 Å². The van der Waals surface area contributed by atoms with Crippen LogP contribution in [-0.2, 0) is 9.59 Å². The topological polar surface area (TPSA) is 78.5 Å². The van der Waals surface area contributed by atoms with Gasteiger partial charge in [0.1, 0.15) is 0 Å². The van der Waals surface area contributed by atoms with Crippen LogP contribution < -0.4 is 10.6 Å². The molecule has 0 aliphatic carbocycles. The molecule has 6 nitrogen and oxygen atoms in total. The third-order valence-electron chi connectivity index (χ3n) is 3.47. The fourth-order valence-electron chi connectivity index (χ4n) is 2.01. The van der Waals surface area contributed by atoms with E-state index in [9.17, 15) is 14.4 Å². The molecule has 0 aliphatic rings. The predicted molar refractivity (Wildman–Crippen MR) is 97.8 cm³/mol. The van der Waals surface area contributed by atoms with E-state index in [2.05, 4.69) is 10.6 Å². The number of carbonyl (C=O) groups excluding carboxylic acids is 3. The highest BCUT2D eigenvalue weighted by atomic mass is 35.5. The highest BCUT2D eigenvalue weighted by Gasteiger charge is 2.13. The van der Waals surface area contributed by atoms with Crippen LogP contribution in [0.15, 0.2) is 48.5 Å². The summed E-state index contributed by atoms with van der Waals surface area (Å²) in [7, 11) is 1.54. The normalized spacial score (nSPS) is 10.0. The first-order valence-corrected chi connectivity index (χ1v) is 7.92. The van der Waals surface area contributed by atoms with Crippen molar-refractivity contribution in [3.05, 3.63) is 59.1 Å². The highest BCUT2D eigenvalue weighted by molar-refractivity contribution is 6.30. The van der Waals surface area contributed by atoms with Crippen LogP contribution in [0.5, 0.6) is 0 Å². The Balaban J connectivity index is 2.09. The quantitative estimate of drug-likeness (QED) is 0.861. The molecule has 2 aromatic carbocycles. The standard InChI is InChI=1S/C18H18ClN3O3/c1-12(23)22(2)11-17(24)20-15-5-3-4-6-16(15)21-18(25)13-7-9-14(19)10-8-13/h3-10H,11H2,1-2H3,(H,20,24)(H,21,25). The fourth-order valence-corrected chi connectivity index (χ4v) is 2.14. The van der Waals surface area contributed by atoms with Crippen molar-refractivity contribution in [2.45, 2.75) is 6.92 Å². The Morgan fingerprint density at radius 3 is 2.08 bits per heavy atom.